The van der Waals surface area contributed by atoms with E-state index in [2.05, 4.69) is 10.3 Å². The maximum atomic E-state index is 11.8. The summed E-state index contributed by atoms with van der Waals surface area (Å²) in [5.74, 6) is -2.31. The van der Waals surface area contributed by atoms with E-state index in [4.69, 9.17) is 5.11 Å². The van der Waals surface area contributed by atoms with Gasteiger partial charge >= 0.3 is 5.97 Å². The number of aromatic nitrogens is 1. The van der Waals surface area contributed by atoms with Crippen molar-refractivity contribution in [2.24, 2.45) is 0 Å². The van der Waals surface area contributed by atoms with Gasteiger partial charge in [0.15, 0.2) is 0 Å². The Morgan fingerprint density at radius 2 is 1.90 bits per heavy atom. The molecular weight excluding hydrogens is 264 g/mol. The predicted octanol–water partition coefficient (Wildman–Crippen LogP) is 1.03. The summed E-state index contributed by atoms with van der Waals surface area (Å²) in [5, 5.41) is 20.7. The molecule has 0 atom stereocenters. The number of anilines is 1. The van der Waals surface area contributed by atoms with Gasteiger partial charge in [-0.3, -0.25) is 9.59 Å². The number of rotatable bonds is 3. The molecule has 0 aliphatic rings. The highest BCUT2D eigenvalue weighted by molar-refractivity contribution is 6.03. The second-order valence-electron chi connectivity index (χ2n) is 3.92. The number of carboxylic acid groups (broad SMARTS) is 1. The third-order valence-corrected chi connectivity index (χ3v) is 2.50. The molecule has 0 spiro atoms. The number of pyridine rings is 1. The summed E-state index contributed by atoms with van der Waals surface area (Å²) in [6, 6.07) is 7.73. The lowest BCUT2D eigenvalue weighted by molar-refractivity contribution is 0.0693. The van der Waals surface area contributed by atoms with Gasteiger partial charge in [-0.25, -0.2) is 4.79 Å². The molecule has 4 N–H and O–H groups in total. The van der Waals surface area contributed by atoms with Crippen LogP contribution in [0.15, 0.2) is 41.2 Å². The number of carbonyl (C=O) groups excluding carboxylic acids is 1. The zero-order valence-corrected chi connectivity index (χ0v) is 10.1. The van der Waals surface area contributed by atoms with Crippen molar-refractivity contribution in [2.75, 3.05) is 5.32 Å². The Kier molecular flexibility index (Phi) is 3.52. The number of H-pyrrole nitrogens is 1. The summed E-state index contributed by atoms with van der Waals surface area (Å²) < 4.78 is 0. The average Bonchev–Trinajstić information content (AvgIpc) is 2.38. The van der Waals surface area contributed by atoms with Gasteiger partial charge in [-0.15, -0.1) is 0 Å². The van der Waals surface area contributed by atoms with Gasteiger partial charge in [-0.05, 0) is 18.2 Å². The largest absolute Gasteiger partial charge is 0.507 e. The third-order valence-electron chi connectivity index (χ3n) is 2.50. The van der Waals surface area contributed by atoms with Gasteiger partial charge in [0.05, 0.1) is 0 Å². The van der Waals surface area contributed by atoms with E-state index in [1.54, 1.807) is 0 Å². The van der Waals surface area contributed by atoms with E-state index in [1.165, 1.54) is 30.3 Å². The zero-order valence-electron chi connectivity index (χ0n) is 10.1. The number of hydrogen-bond acceptors (Lipinski definition) is 4. The van der Waals surface area contributed by atoms with Crippen molar-refractivity contribution in [1.29, 1.82) is 0 Å². The predicted molar refractivity (Wildman–Crippen MR) is 70.1 cm³/mol. The number of carboxylic acids is 1. The van der Waals surface area contributed by atoms with Crippen LogP contribution in [0.1, 0.15) is 20.8 Å². The smallest absolute Gasteiger partial charge is 0.339 e. The number of carbonyl (C=O) groups is 2. The number of aromatic carboxylic acids is 1. The first-order valence-electron chi connectivity index (χ1n) is 5.54. The lowest BCUT2D eigenvalue weighted by Gasteiger charge is -2.06. The van der Waals surface area contributed by atoms with Crippen molar-refractivity contribution < 1.29 is 19.8 Å². The molecule has 1 amide bonds. The van der Waals surface area contributed by atoms with Crippen molar-refractivity contribution in [2.45, 2.75) is 0 Å². The molecule has 1 heterocycles. The maximum absolute atomic E-state index is 11.8. The molecule has 1 aromatic heterocycles. The standard InChI is InChI=1S/C13H10N2O5/c16-10-6-7(4-5-8(10)13(19)20)14-12(18)9-2-1-3-11(17)15-9/h1-6,16H,(H,14,18)(H,15,17)(H,19,20). The van der Waals surface area contributed by atoms with E-state index in [-0.39, 0.29) is 16.9 Å². The second kappa shape index (κ2) is 5.27. The van der Waals surface area contributed by atoms with E-state index >= 15 is 0 Å². The molecule has 2 rings (SSSR count). The van der Waals surface area contributed by atoms with Crippen LogP contribution in [-0.4, -0.2) is 27.1 Å². The summed E-state index contributed by atoms with van der Waals surface area (Å²) in [7, 11) is 0. The van der Waals surface area contributed by atoms with Crippen LogP contribution in [0, 0.1) is 0 Å². The summed E-state index contributed by atoms with van der Waals surface area (Å²) in [4.78, 5) is 36.0. The minimum Gasteiger partial charge on any atom is -0.507 e. The lowest BCUT2D eigenvalue weighted by atomic mass is 10.2. The summed E-state index contributed by atoms with van der Waals surface area (Å²) in [6.45, 7) is 0. The number of nitrogens with one attached hydrogen (secondary N) is 2. The van der Waals surface area contributed by atoms with Gasteiger partial charge in [0, 0.05) is 17.8 Å². The first kappa shape index (κ1) is 13.3. The molecule has 0 fully saturated rings. The van der Waals surface area contributed by atoms with Crippen molar-refractivity contribution in [1.82, 2.24) is 4.98 Å². The molecule has 1 aromatic carbocycles. The number of aromatic amines is 1. The molecule has 0 bridgehead atoms. The molecule has 0 saturated carbocycles. The van der Waals surface area contributed by atoms with Crippen LogP contribution >= 0.6 is 0 Å². The Labute approximate surface area is 112 Å². The number of aromatic hydroxyl groups is 1. The first-order chi connectivity index (χ1) is 9.47. The molecule has 0 saturated heterocycles. The topological polar surface area (TPSA) is 119 Å². The number of phenols is 1. The zero-order chi connectivity index (χ0) is 14.7. The van der Waals surface area contributed by atoms with Crippen LogP contribution in [-0.2, 0) is 0 Å². The number of amides is 1. The lowest BCUT2D eigenvalue weighted by Crippen LogP contribution is -2.17. The van der Waals surface area contributed by atoms with Gasteiger partial charge in [-0.2, -0.15) is 0 Å². The quantitative estimate of drug-likeness (QED) is 0.666. The molecule has 0 aliphatic heterocycles. The summed E-state index contributed by atoms with van der Waals surface area (Å²) >= 11 is 0. The second-order valence-corrected chi connectivity index (χ2v) is 3.92. The van der Waals surface area contributed by atoms with Crippen LogP contribution in [0.25, 0.3) is 0 Å². The van der Waals surface area contributed by atoms with E-state index in [1.807, 2.05) is 0 Å². The van der Waals surface area contributed by atoms with Gasteiger partial charge in [0.25, 0.3) is 5.91 Å². The number of benzene rings is 1. The average molecular weight is 274 g/mol. The Bertz CT molecular complexity index is 736. The fourth-order valence-electron chi connectivity index (χ4n) is 1.57. The summed E-state index contributed by atoms with van der Waals surface area (Å²) in [5.41, 5.74) is -0.417. The molecule has 0 aliphatic carbocycles. The van der Waals surface area contributed by atoms with Crippen LogP contribution in [0.3, 0.4) is 0 Å². The van der Waals surface area contributed by atoms with Crippen LogP contribution < -0.4 is 10.9 Å². The van der Waals surface area contributed by atoms with E-state index < -0.39 is 23.2 Å². The van der Waals surface area contributed by atoms with Crippen molar-refractivity contribution in [3.8, 4) is 5.75 Å². The minimum atomic E-state index is -1.27. The molecule has 20 heavy (non-hydrogen) atoms. The Hall–Kier alpha value is -3.09. The molecule has 0 unspecified atom stereocenters. The highest BCUT2D eigenvalue weighted by Crippen LogP contribution is 2.22. The summed E-state index contributed by atoms with van der Waals surface area (Å²) in [6.07, 6.45) is 0. The fraction of sp³-hybridized carbons (Fsp3) is 0. The SMILES string of the molecule is O=C(Nc1ccc(C(=O)O)c(O)c1)c1cccc(=O)[nH]1. The Balaban J connectivity index is 2.22. The van der Waals surface area contributed by atoms with Gasteiger partial charge < -0.3 is 20.5 Å². The van der Waals surface area contributed by atoms with Crippen LogP contribution in [0.4, 0.5) is 5.69 Å². The molecule has 7 heteroatoms. The van der Waals surface area contributed by atoms with E-state index in [0.29, 0.717) is 0 Å². The van der Waals surface area contributed by atoms with Crippen molar-refractivity contribution >= 4 is 17.6 Å². The van der Waals surface area contributed by atoms with Gasteiger partial charge in [0.2, 0.25) is 5.56 Å². The van der Waals surface area contributed by atoms with E-state index in [9.17, 15) is 19.5 Å². The molecule has 0 radical (unpaired) electrons. The molecule has 7 nitrogen and oxygen atoms in total. The molecule has 102 valence electrons. The van der Waals surface area contributed by atoms with Crippen molar-refractivity contribution in [3.63, 3.8) is 0 Å². The van der Waals surface area contributed by atoms with Gasteiger partial charge in [-0.1, -0.05) is 6.07 Å². The molecular formula is C13H10N2O5. The number of hydrogen-bond donors (Lipinski definition) is 4. The molecule has 2 aromatic rings. The Morgan fingerprint density at radius 3 is 2.50 bits per heavy atom. The normalized spacial score (nSPS) is 10.0. The van der Waals surface area contributed by atoms with Crippen LogP contribution in [0.5, 0.6) is 5.75 Å². The van der Waals surface area contributed by atoms with Crippen molar-refractivity contribution in [3.05, 3.63) is 58.0 Å². The minimum absolute atomic E-state index is 0.0549. The van der Waals surface area contributed by atoms with Gasteiger partial charge in [0.1, 0.15) is 17.0 Å². The first-order valence-corrected chi connectivity index (χ1v) is 5.54. The monoisotopic (exact) mass is 274 g/mol. The van der Waals surface area contributed by atoms with Crippen LogP contribution in [0.2, 0.25) is 0 Å². The van der Waals surface area contributed by atoms with E-state index in [0.717, 1.165) is 6.07 Å². The Morgan fingerprint density at radius 1 is 1.15 bits per heavy atom. The highest BCUT2D eigenvalue weighted by atomic mass is 16.4. The highest BCUT2D eigenvalue weighted by Gasteiger charge is 2.12. The maximum Gasteiger partial charge on any atom is 0.339 e. The fourth-order valence-corrected chi connectivity index (χ4v) is 1.57. The third kappa shape index (κ3) is 2.83.